The third-order valence-electron chi connectivity index (χ3n) is 3.03. The molecule has 0 aliphatic rings. The largest absolute Gasteiger partial charge is 0.476 e. The third kappa shape index (κ3) is 4.36. The van der Waals surface area contributed by atoms with Gasteiger partial charge >= 0.3 is 11.4 Å². The molecule has 1 aromatic heterocycles. The summed E-state index contributed by atoms with van der Waals surface area (Å²) < 4.78 is 6.98. The maximum Gasteiger partial charge on any atom is 0.355 e. The van der Waals surface area contributed by atoms with Crippen molar-refractivity contribution in [3.05, 3.63) is 71.9 Å². The maximum atomic E-state index is 10.1. The van der Waals surface area contributed by atoms with Crippen molar-refractivity contribution >= 4 is 34.5 Å². The molecule has 0 bridgehead atoms. The van der Waals surface area contributed by atoms with Crippen molar-refractivity contribution in [1.82, 2.24) is 0 Å². The van der Waals surface area contributed by atoms with Gasteiger partial charge in [0.1, 0.15) is 0 Å². The Morgan fingerprint density at radius 2 is 1.82 bits per heavy atom. The van der Waals surface area contributed by atoms with Crippen molar-refractivity contribution in [3.63, 3.8) is 0 Å². The molecular formula is C16H17Cl2NO2P+. The zero-order valence-corrected chi connectivity index (χ0v) is 14.5. The summed E-state index contributed by atoms with van der Waals surface area (Å²) in [6.45, 7) is 0.562. The Kier molecular flexibility index (Phi) is 6.50. The Balaban J connectivity index is 2.44. The maximum absolute atomic E-state index is 10.1. The molecule has 0 saturated carbocycles. The van der Waals surface area contributed by atoms with E-state index < -0.39 is 6.63 Å². The van der Waals surface area contributed by atoms with Gasteiger partial charge in [0.2, 0.25) is 0 Å². The fourth-order valence-electron chi connectivity index (χ4n) is 2.09. The van der Waals surface area contributed by atoms with Gasteiger partial charge in [-0.3, -0.25) is 0 Å². The second-order valence-electron chi connectivity index (χ2n) is 4.52. The molecule has 116 valence electrons. The van der Waals surface area contributed by atoms with E-state index in [-0.39, 0.29) is 5.95 Å². The summed E-state index contributed by atoms with van der Waals surface area (Å²) in [5, 5.41) is 10.1. The fraction of sp³-hybridized carbons (Fsp3) is 0.188. The van der Waals surface area contributed by atoms with E-state index in [2.05, 4.69) is 0 Å². The van der Waals surface area contributed by atoms with Crippen LogP contribution in [0.4, 0.5) is 0 Å². The quantitative estimate of drug-likeness (QED) is 0.447. The summed E-state index contributed by atoms with van der Waals surface area (Å²) >= 11 is 12.2. The molecule has 1 N–H and O–H groups in total. The molecule has 1 aromatic carbocycles. The van der Waals surface area contributed by atoms with E-state index in [0.717, 1.165) is 11.3 Å². The molecule has 3 nitrogen and oxygen atoms in total. The standard InChI is InChI=1S/C16H16Cl2NO2P/c1-2-21-16(20)15(22(17)18)19-11-7-6-10-14(19)12-13-8-4-3-5-9-13/h3-11H,2,12H2,1H3/p+1/b16-15-. The molecule has 0 aliphatic carbocycles. The predicted octanol–water partition coefficient (Wildman–Crippen LogP) is 5.03. The molecular weight excluding hydrogens is 340 g/mol. The number of aliphatic hydroxyl groups is 1. The van der Waals surface area contributed by atoms with Crippen LogP contribution < -0.4 is 4.57 Å². The van der Waals surface area contributed by atoms with Gasteiger partial charge in [-0.25, -0.2) is 0 Å². The number of aliphatic hydroxyl groups excluding tert-OH is 1. The summed E-state index contributed by atoms with van der Waals surface area (Å²) in [6, 6.07) is 15.8. The van der Waals surface area contributed by atoms with Gasteiger partial charge in [0.15, 0.2) is 18.5 Å². The van der Waals surface area contributed by atoms with Crippen molar-refractivity contribution in [2.24, 2.45) is 0 Å². The van der Waals surface area contributed by atoms with E-state index in [4.69, 9.17) is 27.2 Å². The molecule has 0 spiro atoms. The SMILES string of the molecule is CCO/C(O)=C(/[n+]1ccccc1Cc1ccccc1)P(Cl)Cl. The van der Waals surface area contributed by atoms with Crippen LogP contribution in [0.15, 0.2) is 60.7 Å². The van der Waals surface area contributed by atoms with Gasteiger partial charge in [-0.05, 0) is 12.5 Å². The smallest absolute Gasteiger partial charge is 0.355 e. The topological polar surface area (TPSA) is 33.3 Å². The summed E-state index contributed by atoms with van der Waals surface area (Å²) in [6.07, 6.45) is 2.52. The average molecular weight is 357 g/mol. The number of pyridine rings is 1. The lowest BCUT2D eigenvalue weighted by Crippen LogP contribution is -2.36. The van der Waals surface area contributed by atoms with Crippen LogP contribution in [-0.2, 0) is 11.2 Å². The zero-order valence-electron chi connectivity index (χ0n) is 12.1. The second-order valence-corrected chi connectivity index (χ2v) is 7.96. The van der Waals surface area contributed by atoms with Gasteiger partial charge in [-0.2, -0.15) is 4.57 Å². The van der Waals surface area contributed by atoms with Crippen LogP contribution in [0.2, 0.25) is 0 Å². The Labute approximate surface area is 141 Å². The first-order valence-corrected chi connectivity index (χ1v) is 10.00. The first-order valence-electron chi connectivity index (χ1n) is 6.85. The fourth-order valence-corrected chi connectivity index (χ4v) is 3.58. The van der Waals surface area contributed by atoms with Gasteiger partial charge in [-0.1, -0.05) is 58.9 Å². The van der Waals surface area contributed by atoms with E-state index in [1.165, 1.54) is 0 Å². The third-order valence-corrected chi connectivity index (χ3v) is 4.72. The highest BCUT2D eigenvalue weighted by Crippen LogP contribution is 2.55. The lowest BCUT2D eigenvalue weighted by molar-refractivity contribution is -0.584. The summed E-state index contributed by atoms with van der Waals surface area (Å²) in [4.78, 5) is 0. The van der Waals surface area contributed by atoms with E-state index in [0.29, 0.717) is 18.5 Å². The van der Waals surface area contributed by atoms with Gasteiger partial charge in [0.05, 0.1) is 13.0 Å². The van der Waals surface area contributed by atoms with E-state index in [1.54, 1.807) is 11.5 Å². The highest BCUT2D eigenvalue weighted by Gasteiger charge is 2.29. The lowest BCUT2D eigenvalue weighted by Gasteiger charge is -2.09. The molecule has 0 atom stereocenters. The monoisotopic (exact) mass is 356 g/mol. The van der Waals surface area contributed by atoms with Crippen LogP contribution in [0.25, 0.3) is 5.44 Å². The number of nitrogens with zero attached hydrogens (tertiary/aromatic N) is 1. The van der Waals surface area contributed by atoms with Crippen LogP contribution in [-0.4, -0.2) is 11.7 Å². The molecule has 0 amide bonds. The summed E-state index contributed by atoms with van der Waals surface area (Å²) in [5.41, 5.74) is 2.50. The van der Waals surface area contributed by atoms with E-state index in [9.17, 15) is 5.11 Å². The highest BCUT2D eigenvalue weighted by molar-refractivity contribution is 8.10. The number of ether oxygens (including phenoxy) is 1. The Morgan fingerprint density at radius 3 is 2.45 bits per heavy atom. The molecule has 2 aromatic rings. The van der Waals surface area contributed by atoms with Crippen molar-refractivity contribution in [2.45, 2.75) is 13.3 Å². The minimum atomic E-state index is -1.57. The predicted molar refractivity (Wildman–Crippen MR) is 92.0 cm³/mol. The normalized spacial score (nSPS) is 12.2. The van der Waals surface area contributed by atoms with E-state index >= 15 is 0 Å². The highest BCUT2D eigenvalue weighted by atomic mass is 35.9. The van der Waals surface area contributed by atoms with Gasteiger partial charge in [0, 0.05) is 12.1 Å². The number of halogens is 2. The first-order chi connectivity index (χ1) is 10.6. The molecule has 2 rings (SSSR count). The van der Waals surface area contributed by atoms with Gasteiger partial charge in [0.25, 0.3) is 0 Å². The second kappa shape index (κ2) is 8.38. The van der Waals surface area contributed by atoms with Crippen molar-refractivity contribution in [3.8, 4) is 0 Å². The average Bonchev–Trinajstić information content (AvgIpc) is 2.50. The Hall–Kier alpha value is -1.28. The zero-order chi connectivity index (χ0) is 15.9. The van der Waals surface area contributed by atoms with Crippen molar-refractivity contribution in [1.29, 1.82) is 0 Å². The number of hydrogen-bond acceptors (Lipinski definition) is 2. The minimum absolute atomic E-state index is 0.232. The van der Waals surface area contributed by atoms with E-state index in [1.807, 2.05) is 54.7 Å². The molecule has 0 unspecified atom stereocenters. The molecule has 0 radical (unpaired) electrons. The molecule has 0 fully saturated rings. The van der Waals surface area contributed by atoms with Crippen LogP contribution in [0.3, 0.4) is 0 Å². The van der Waals surface area contributed by atoms with Crippen LogP contribution >= 0.6 is 29.1 Å². The Morgan fingerprint density at radius 1 is 1.14 bits per heavy atom. The number of rotatable bonds is 6. The number of aromatic nitrogens is 1. The summed E-state index contributed by atoms with van der Waals surface area (Å²) in [7, 11) is 0. The molecule has 22 heavy (non-hydrogen) atoms. The molecule has 1 heterocycles. The minimum Gasteiger partial charge on any atom is -0.476 e. The molecule has 6 heteroatoms. The van der Waals surface area contributed by atoms with Gasteiger partial charge < -0.3 is 9.84 Å². The lowest BCUT2D eigenvalue weighted by atomic mass is 10.1. The summed E-state index contributed by atoms with van der Waals surface area (Å²) in [5.74, 6) is -0.232. The number of benzene rings is 1. The molecule has 0 aliphatic heterocycles. The first kappa shape index (κ1) is 17.1. The van der Waals surface area contributed by atoms with Crippen molar-refractivity contribution < 1.29 is 14.4 Å². The Bertz CT molecular complexity index is 648. The van der Waals surface area contributed by atoms with Crippen LogP contribution in [0.5, 0.6) is 0 Å². The van der Waals surface area contributed by atoms with Crippen LogP contribution in [0, 0.1) is 0 Å². The number of hydrogen-bond donors (Lipinski definition) is 1. The van der Waals surface area contributed by atoms with Crippen LogP contribution in [0.1, 0.15) is 18.2 Å². The van der Waals surface area contributed by atoms with Crippen molar-refractivity contribution in [2.75, 3.05) is 6.61 Å². The molecule has 0 saturated heterocycles. The van der Waals surface area contributed by atoms with Gasteiger partial charge in [-0.15, -0.1) is 0 Å².